The summed E-state index contributed by atoms with van der Waals surface area (Å²) in [5.74, 6) is -3.82. The number of quaternary nitrogens is 1. The number of carbonyl (C=O) groups excluding carboxylic acids is 1. The Morgan fingerprint density at radius 2 is 1.07 bits per heavy atom. The summed E-state index contributed by atoms with van der Waals surface area (Å²) < 4.78 is -0.538. The summed E-state index contributed by atoms with van der Waals surface area (Å²) in [6.45, 7) is 6.50. The van der Waals surface area contributed by atoms with Gasteiger partial charge in [-0.2, -0.15) is 0 Å². The Kier molecular flexibility index (Phi) is 12.7. The van der Waals surface area contributed by atoms with Gasteiger partial charge in [0.2, 0.25) is 0 Å². The van der Waals surface area contributed by atoms with Crippen molar-refractivity contribution in [3.8, 4) is 0 Å². The van der Waals surface area contributed by atoms with Crippen molar-refractivity contribution >= 4 is 17.9 Å². The van der Waals surface area contributed by atoms with Crippen molar-refractivity contribution in [2.75, 3.05) is 6.54 Å². The first kappa shape index (κ1) is 26.4. The van der Waals surface area contributed by atoms with Crippen molar-refractivity contribution in [1.82, 2.24) is 0 Å². The second-order valence-corrected chi connectivity index (χ2v) is 7.92. The Morgan fingerprint density at radius 1 is 0.714 bits per heavy atom. The molecule has 0 aliphatic heterocycles. The molecule has 2 N–H and O–H groups in total. The maximum Gasteiger partial charge on any atom is 0.362 e. The van der Waals surface area contributed by atoms with Gasteiger partial charge in [0.25, 0.3) is 0 Å². The van der Waals surface area contributed by atoms with Crippen LogP contribution in [0.5, 0.6) is 0 Å². The summed E-state index contributed by atoms with van der Waals surface area (Å²) in [7, 11) is 0. The van der Waals surface area contributed by atoms with Crippen LogP contribution in [0.1, 0.15) is 91.9 Å². The molecule has 7 heteroatoms. The standard InChI is InChI=1S/C21H39NO6/c1-5-6-7-8-9-10-11-12-13-14-15-22(16(2)19(23)24,17(3)20(25)26)18(4)21(27)28/h16-18H,5-15H2,1-4H3,(H2-,23,24,25,26,27,28). The number of aliphatic carboxylic acids is 3. The molecule has 0 aliphatic rings. The Morgan fingerprint density at radius 3 is 1.39 bits per heavy atom. The van der Waals surface area contributed by atoms with E-state index in [2.05, 4.69) is 6.92 Å². The molecular formula is C21H39NO6. The van der Waals surface area contributed by atoms with Crippen LogP contribution in [0.2, 0.25) is 0 Å². The predicted octanol–water partition coefficient (Wildman–Crippen LogP) is 2.81. The van der Waals surface area contributed by atoms with Crippen molar-refractivity contribution < 1.29 is 34.2 Å². The molecule has 0 saturated carbocycles. The van der Waals surface area contributed by atoms with Crippen LogP contribution in [0, 0.1) is 0 Å². The number of carboxylic acids is 3. The number of unbranched alkanes of at least 4 members (excludes halogenated alkanes) is 9. The highest BCUT2D eigenvalue weighted by atomic mass is 16.4. The largest absolute Gasteiger partial charge is 0.544 e. The highest BCUT2D eigenvalue weighted by Crippen LogP contribution is 2.27. The molecule has 0 saturated heterocycles. The summed E-state index contributed by atoms with van der Waals surface area (Å²) in [5, 5.41) is 30.6. The number of rotatable bonds is 17. The van der Waals surface area contributed by atoms with E-state index in [0.29, 0.717) is 6.42 Å². The molecule has 0 rings (SSSR count). The molecule has 0 aromatic carbocycles. The molecule has 3 atom stereocenters. The van der Waals surface area contributed by atoms with Crippen LogP contribution in [0.15, 0.2) is 0 Å². The summed E-state index contributed by atoms with van der Waals surface area (Å²) in [5.41, 5.74) is 0. The van der Waals surface area contributed by atoms with Gasteiger partial charge < -0.3 is 20.1 Å². The zero-order valence-electron chi connectivity index (χ0n) is 18.0. The maximum atomic E-state index is 11.7. The zero-order chi connectivity index (χ0) is 21.7. The van der Waals surface area contributed by atoms with Gasteiger partial charge >= 0.3 is 11.9 Å². The Hall–Kier alpha value is -1.63. The third-order valence-electron chi connectivity index (χ3n) is 6.12. The fourth-order valence-corrected chi connectivity index (χ4v) is 4.07. The predicted molar refractivity (Wildman–Crippen MR) is 106 cm³/mol. The molecule has 0 spiro atoms. The topological polar surface area (TPSA) is 115 Å². The average molecular weight is 402 g/mol. The van der Waals surface area contributed by atoms with Crippen molar-refractivity contribution in [2.24, 2.45) is 0 Å². The fraction of sp³-hybridized carbons (Fsp3) is 0.857. The van der Waals surface area contributed by atoms with Crippen LogP contribution in [-0.2, 0) is 14.4 Å². The molecule has 0 radical (unpaired) electrons. The van der Waals surface area contributed by atoms with Gasteiger partial charge in [0.15, 0.2) is 12.1 Å². The van der Waals surface area contributed by atoms with Crippen molar-refractivity contribution in [3.05, 3.63) is 0 Å². The molecule has 0 aromatic rings. The van der Waals surface area contributed by atoms with E-state index in [1.54, 1.807) is 0 Å². The summed E-state index contributed by atoms with van der Waals surface area (Å²) >= 11 is 0. The molecule has 7 nitrogen and oxygen atoms in total. The lowest BCUT2D eigenvalue weighted by molar-refractivity contribution is -0.969. The number of carbonyl (C=O) groups is 3. The minimum absolute atomic E-state index is 0.187. The Bertz CT molecular complexity index is 443. The van der Waals surface area contributed by atoms with E-state index in [1.165, 1.54) is 52.9 Å². The van der Waals surface area contributed by atoms with Crippen LogP contribution >= 0.6 is 0 Å². The second-order valence-electron chi connectivity index (χ2n) is 7.92. The monoisotopic (exact) mass is 401 g/mol. The maximum absolute atomic E-state index is 11.7. The average Bonchev–Trinajstić information content (AvgIpc) is 2.64. The van der Waals surface area contributed by atoms with E-state index >= 15 is 0 Å². The molecular weight excluding hydrogens is 362 g/mol. The third kappa shape index (κ3) is 7.78. The second kappa shape index (κ2) is 13.5. The first-order valence-corrected chi connectivity index (χ1v) is 10.7. The first-order chi connectivity index (χ1) is 13.1. The molecule has 0 bridgehead atoms. The lowest BCUT2D eigenvalue weighted by Crippen LogP contribution is -2.72. The van der Waals surface area contributed by atoms with Crippen LogP contribution in [0.25, 0.3) is 0 Å². The number of hydrogen-bond donors (Lipinski definition) is 2. The van der Waals surface area contributed by atoms with Crippen molar-refractivity contribution in [2.45, 2.75) is 110 Å². The third-order valence-corrected chi connectivity index (χ3v) is 6.12. The molecule has 3 unspecified atom stereocenters. The first-order valence-electron chi connectivity index (χ1n) is 10.7. The van der Waals surface area contributed by atoms with E-state index in [0.717, 1.165) is 25.7 Å². The van der Waals surface area contributed by atoms with E-state index in [1.807, 2.05) is 0 Å². The molecule has 0 fully saturated rings. The van der Waals surface area contributed by atoms with E-state index in [9.17, 15) is 29.7 Å². The minimum Gasteiger partial charge on any atom is -0.544 e. The molecule has 28 heavy (non-hydrogen) atoms. The van der Waals surface area contributed by atoms with Gasteiger partial charge in [0.1, 0.15) is 6.04 Å². The highest BCUT2D eigenvalue weighted by Gasteiger charge is 2.50. The lowest BCUT2D eigenvalue weighted by atomic mass is 10.00. The summed E-state index contributed by atoms with van der Waals surface area (Å²) in [6, 6.07) is -3.54. The molecule has 0 heterocycles. The minimum atomic E-state index is -1.42. The smallest absolute Gasteiger partial charge is 0.362 e. The SMILES string of the molecule is CCCCCCCCCCCC[N+](C(C)C(=O)[O-])(C(C)C(=O)O)C(C)C(=O)O. The van der Waals surface area contributed by atoms with E-state index in [-0.39, 0.29) is 6.54 Å². The van der Waals surface area contributed by atoms with Gasteiger partial charge in [-0.3, -0.25) is 4.48 Å². The highest BCUT2D eigenvalue weighted by molar-refractivity contribution is 5.76. The van der Waals surface area contributed by atoms with Gasteiger partial charge in [-0.15, -0.1) is 0 Å². The van der Waals surface area contributed by atoms with Gasteiger partial charge in [0, 0.05) is 0 Å². The van der Waals surface area contributed by atoms with Gasteiger partial charge in [-0.1, -0.05) is 58.3 Å². The lowest BCUT2D eigenvalue weighted by Gasteiger charge is -2.49. The number of hydrogen-bond acceptors (Lipinski definition) is 4. The molecule has 0 aliphatic carbocycles. The van der Waals surface area contributed by atoms with Crippen molar-refractivity contribution in [3.63, 3.8) is 0 Å². The van der Waals surface area contributed by atoms with Crippen molar-refractivity contribution in [1.29, 1.82) is 0 Å². The van der Waals surface area contributed by atoms with Crippen LogP contribution < -0.4 is 5.11 Å². The van der Waals surface area contributed by atoms with Crippen LogP contribution in [-0.4, -0.2) is 57.3 Å². The Balaban J connectivity index is 4.88. The van der Waals surface area contributed by atoms with Crippen LogP contribution in [0.4, 0.5) is 0 Å². The number of nitrogens with zero attached hydrogens (tertiary/aromatic N) is 1. The quantitative estimate of drug-likeness (QED) is 0.286. The molecule has 0 amide bonds. The molecule has 0 aromatic heterocycles. The fourth-order valence-electron chi connectivity index (χ4n) is 4.07. The molecule has 164 valence electrons. The van der Waals surface area contributed by atoms with E-state index < -0.39 is 40.5 Å². The van der Waals surface area contributed by atoms with E-state index in [4.69, 9.17) is 0 Å². The number of carboxylic acid groups (broad SMARTS) is 3. The zero-order valence-corrected chi connectivity index (χ0v) is 18.0. The normalized spacial score (nSPS) is 16.7. The summed E-state index contributed by atoms with van der Waals surface area (Å²) in [6.07, 6.45) is 10.9. The van der Waals surface area contributed by atoms with Gasteiger partial charge in [-0.05, 0) is 33.6 Å². The van der Waals surface area contributed by atoms with Gasteiger partial charge in [0.05, 0.1) is 12.5 Å². The summed E-state index contributed by atoms with van der Waals surface area (Å²) in [4.78, 5) is 34.9. The Labute approximate surface area is 169 Å². The van der Waals surface area contributed by atoms with Crippen LogP contribution in [0.3, 0.4) is 0 Å². The van der Waals surface area contributed by atoms with Gasteiger partial charge in [-0.25, -0.2) is 9.59 Å².